The molecular formula is C44H46BrN5O7. The van der Waals surface area contributed by atoms with Crippen LogP contribution in [-0.2, 0) is 29.3 Å². The van der Waals surface area contributed by atoms with E-state index < -0.39 is 11.9 Å². The van der Waals surface area contributed by atoms with Gasteiger partial charge in [-0.1, -0.05) is 48.5 Å². The molecule has 12 nitrogen and oxygen atoms in total. The van der Waals surface area contributed by atoms with Gasteiger partial charge in [-0.25, -0.2) is 0 Å². The molecular weight excluding hydrogens is 790 g/mol. The van der Waals surface area contributed by atoms with Crippen LogP contribution < -0.4 is 24.8 Å². The molecule has 4 N–H and O–H groups in total. The Labute approximate surface area is 341 Å². The average molecular weight is 837 g/mol. The fourth-order valence-corrected chi connectivity index (χ4v) is 6.67. The van der Waals surface area contributed by atoms with E-state index in [-0.39, 0.29) is 26.1 Å². The van der Waals surface area contributed by atoms with E-state index in [2.05, 4.69) is 87.9 Å². The highest BCUT2D eigenvalue weighted by atomic mass is 79.9. The van der Waals surface area contributed by atoms with Crippen molar-refractivity contribution in [2.24, 2.45) is 0 Å². The third-order valence-electron chi connectivity index (χ3n) is 9.23. The van der Waals surface area contributed by atoms with Gasteiger partial charge in [-0.05, 0) is 119 Å². The van der Waals surface area contributed by atoms with E-state index >= 15 is 0 Å². The van der Waals surface area contributed by atoms with Gasteiger partial charge in [0.2, 0.25) is 11.8 Å². The second-order valence-corrected chi connectivity index (χ2v) is 14.2. The number of ether oxygens (including phenoxy) is 3. The van der Waals surface area contributed by atoms with Crippen LogP contribution in [0.15, 0.2) is 89.7 Å². The summed E-state index contributed by atoms with van der Waals surface area (Å²) in [7, 11) is 0. The number of pyridine rings is 2. The molecule has 3 aromatic carbocycles. The Morgan fingerprint density at radius 1 is 0.754 bits per heavy atom. The fourth-order valence-electron chi connectivity index (χ4n) is 6.19. The van der Waals surface area contributed by atoms with Gasteiger partial charge in [-0.2, -0.15) is 10.2 Å². The highest BCUT2D eigenvalue weighted by Gasteiger charge is 2.17. The van der Waals surface area contributed by atoms with Crippen molar-refractivity contribution in [3.8, 4) is 45.8 Å². The second kappa shape index (κ2) is 21.5. The summed E-state index contributed by atoms with van der Waals surface area (Å²) in [5.74, 6) is -0.158. The average Bonchev–Trinajstić information content (AvgIpc) is 3.20. The third-order valence-corrected chi connectivity index (χ3v) is 9.80. The van der Waals surface area contributed by atoms with Crippen molar-refractivity contribution in [3.05, 3.63) is 123 Å². The summed E-state index contributed by atoms with van der Waals surface area (Å²) in [6, 6.07) is 26.2. The molecule has 0 saturated heterocycles. The van der Waals surface area contributed by atoms with Crippen LogP contribution in [-0.4, -0.2) is 58.4 Å². The Morgan fingerprint density at radius 3 is 2.14 bits per heavy atom. The lowest BCUT2D eigenvalue weighted by Crippen LogP contribution is -2.22. The molecule has 296 valence electrons. The van der Waals surface area contributed by atoms with Gasteiger partial charge < -0.3 is 35.1 Å². The molecule has 57 heavy (non-hydrogen) atoms. The lowest BCUT2D eigenvalue weighted by atomic mass is 9.89. The minimum absolute atomic E-state index is 0.0730. The number of halogens is 1. The Hall–Kier alpha value is -5.81. The molecule has 0 amide bonds. The van der Waals surface area contributed by atoms with Gasteiger partial charge >= 0.3 is 11.9 Å². The van der Waals surface area contributed by atoms with Crippen LogP contribution in [0.2, 0.25) is 0 Å². The molecule has 5 aromatic rings. The molecule has 0 aliphatic carbocycles. The van der Waals surface area contributed by atoms with Gasteiger partial charge in [-0.3, -0.25) is 14.6 Å². The number of carboxylic acids is 2. The van der Waals surface area contributed by atoms with E-state index in [4.69, 9.17) is 29.4 Å². The molecule has 0 radical (unpaired) electrons. The summed E-state index contributed by atoms with van der Waals surface area (Å²) in [5, 5.41) is 33.5. The van der Waals surface area contributed by atoms with Gasteiger partial charge in [-0.15, -0.1) is 0 Å². The lowest BCUT2D eigenvalue weighted by molar-refractivity contribution is -0.138. The molecule has 0 fully saturated rings. The van der Waals surface area contributed by atoms with E-state index in [0.717, 1.165) is 50.3 Å². The van der Waals surface area contributed by atoms with Gasteiger partial charge in [0.05, 0.1) is 10.0 Å². The largest absolute Gasteiger partial charge is 0.492 e. The highest BCUT2D eigenvalue weighted by Crippen LogP contribution is 2.36. The smallest absolute Gasteiger partial charge is 0.303 e. The number of nitrogens with zero attached hydrogens (tertiary/aromatic N) is 3. The number of hydrogen-bond acceptors (Lipinski definition) is 10. The molecule has 13 heteroatoms. The van der Waals surface area contributed by atoms with Crippen molar-refractivity contribution in [1.82, 2.24) is 20.6 Å². The van der Waals surface area contributed by atoms with Crippen molar-refractivity contribution in [2.75, 3.05) is 26.2 Å². The summed E-state index contributed by atoms with van der Waals surface area (Å²) in [6.45, 7) is 7.27. The summed E-state index contributed by atoms with van der Waals surface area (Å²) < 4.78 is 19.0. The molecule has 0 aliphatic heterocycles. The van der Waals surface area contributed by atoms with E-state index in [9.17, 15) is 14.9 Å². The minimum Gasteiger partial charge on any atom is -0.492 e. The highest BCUT2D eigenvalue weighted by molar-refractivity contribution is 9.10. The van der Waals surface area contributed by atoms with Gasteiger partial charge in [0.15, 0.2) is 0 Å². The first-order chi connectivity index (χ1) is 27.6. The van der Waals surface area contributed by atoms with Crippen molar-refractivity contribution in [1.29, 1.82) is 5.26 Å². The van der Waals surface area contributed by atoms with Crippen LogP contribution in [0, 0.1) is 25.2 Å². The quantitative estimate of drug-likeness (QED) is 0.0495. The molecule has 0 saturated carbocycles. The van der Waals surface area contributed by atoms with Crippen molar-refractivity contribution in [3.63, 3.8) is 0 Å². The molecule has 2 heterocycles. The van der Waals surface area contributed by atoms with Crippen molar-refractivity contribution < 1.29 is 34.0 Å². The lowest BCUT2D eigenvalue weighted by Gasteiger charge is -2.18. The van der Waals surface area contributed by atoms with Crippen molar-refractivity contribution >= 4 is 27.9 Å². The van der Waals surface area contributed by atoms with E-state index in [1.54, 1.807) is 12.3 Å². The van der Waals surface area contributed by atoms with Gasteiger partial charge in [0, 0.05) is 49.5 Å². The second-order valence-electron chi connectivity index (χ2n) is 13.4. The number of aromatic nitrogens is 2. The molecule has 0 bridgehead atoms. The SMILES string of the molecule is Cc1c(COc2nc(OCc3cncc(C#N)c3)c(CNCCCC(=O)O)cc2Br)cccc1-c1cccc(-c2ccc(OCCNCCCC(=O)O)cc2)c1C. The fraction of sp³-hybridized carbons (Fsp3) is 0.295. The molecule has 0 atom stereocenters. The summed E-state index contributed by atoms with van der Waals surface area (Å²) >= 11 is 3.63. The van der Waals surface area contributed by atoms with Crippen LogP contribution in [0.3, 0.4) is 0 Å². The van der Waals surface area contributed by atoms with Crippen LogP contribution in [0.4, 0.5) is 0 Å². The summed E-state index contributed by atoms with van der Waals surface area (Å²) in [5.41, 5.74) is 9.53. The number of hydrogen-bond donors (Lipinski definition) is 4. The number of carbonyl (C=O) groups is 2. The first-order valence-corrected chi connectivity index (χ1v) is 19.5. The van der Waals surface area contributed by atoms with Gasteiger partial charge in [0.25, 0.3) is 0 Å². The van der Waals surface area contributed by atoms with Crippen LogP contribution in [0.1, 0.15) is 59.1 Å². The van der Waals surface area contributed by atoms with E-state index in [1.807, 2.05) is 30.3 Å². The number of nitriles is 1. The topological polar surface area (TPSA) is 176 Å². The van der Waals surface area contributed by atoms with Crippen molar-refractivity contribution in [2.45, 2.75) is 59.3 Å². The summed E-state index contributed by atoms with van der Waals surface area (Å²) in [6.07, 6.45) is 4.42. The zero-order valence-electron chi connectivity index (χ0n) is 32.0. The Kier molecular flexibility index (Phi) is 16.0. The summed E-state index contributed by atoms with van der Waals surface area (Å²) in [4.78, 5) is 30.5. The molecule has 2 aromatic heterocycles. The first kappa shape index (κ1) is 42.3. The Morgan fingerprint density at radius 2 is 1.42 bits per heavy atom. The van der Waals surface area contributed by atoms with Crippen LogP contribution in [0.25, 0.3) is 22.3 Å². The predicted octanol–water partition coefficient (Wildman–Crippen LogP) is 8.01. The maximum absolute atomic E-state index is 10.9. The number of rotatable bonds is 22. The Bertz CT molecular complexity index is 2190. The van der Waals surface area contributed by atoms with Gasteiger partial charge in [0.1, 0.15) is 31.6 Å². The molecule has 0 aliphatic rings. The molecule has 0 unspecified atom stereocenters. The maximum atomic E-state index is 10.9. The zero-order chi connectivity index (χ0) is 40.6. The zero-order valence-corrected chi connectivity index (χ0v) is 33.6. The monoisotopic (exact) mass is 835 g/mol. The van der Waals surface area contributed by atoms with E-state index in [1.165, 1.54) is 6.20 Å². The third kappa shape index (κ3) is 12.6. The normalized spacial score (nSPS) is 10.8. The molecule has 5 rings (SSSR count). The molecule has 0 spiro atoms. The minimum atomic E-state index is -0.840. The number of aliphatic carboxylic acids is 2. The van der Waals surface area contributed by atoms with Crippen LogP contribution >= 0.6 is 15.9 Å². The van der Waals surface area contributed by atoms with E-state index in [0.29, 0.717) is 73.0 Å². The predicted molar refractivity (Wildman–Crippen MR) is 220 cm³/mol. The maximum Gasteiger partial charge on any atom is 0.303 e. The van der Waals surface area contributed by atoms with Crippen LogP contribution in [0.5, 0.6) is 17.5 Å². The number of carboxylic acid groups (broad SMARTS) is 2. The Balaban J connectivity index is 1.28. The number of benzene rings is 3. The first-order valence-electron chi connectivity index (χ1n) is 18.7. The number of nitrogens with one attached hydrogen (secondary N) is 2. The standard InChI is InChI=1S/C44H46BrN5O7/c1-29-34(28-57-44-40(45)22-35(26-48-18-6-12-42(53)54)43(50-44)56-27-32-21-31(23-46)24-49-25-32)7-3-9-38(29)39-10-4-8-37(30(39)2)33-13-15-36(16-14-33)55-20-19-47-17-5-11-41(51)52/h3-4,7-10,13-16,21-22,24-25,47-48H,5-6,11-12,17-20,26-28H2,1-2H3,(H,51,52)(H,53,54).